The smallest absolute Gasteiger partial charge is 0.0644 e. The second kappa shape index (κ2) is 6.35. The van der Waals surface area contributed by atoms with Crippen molar-refractivity contribution in [3.8, 4) is 0 Å². The van der Waals surface area contributed by atoms with E-state index in [4.69, 9.17) is 14.6 Å². The van der Waals surface area contributed by atoms with Crippen molar-refractivity contribution in [2.75, 3.05) is 20.3 Å². The van der Waals surface area contributed by atoms with E-state index in [-0.39, 0.29) is 11.7 Å². The molecule has 80 valence electrons. The third-order valence-corrected chi connectivity index (χ3v) is 2.08. The fraction of sp³-hybridized carbons (Fsp3) is 1.00. The highest BCUT2D eigenvalue weighted by molar-refractivity contribution is 4.66. The summed E-state index contributed by atoms with van der Waals surface area (Å²) in [4.78, 5) is 0. The van der Waals surface area contributed by atoms with Crippen LogP contribution in [0.5, 0.6) is 0 Å². The van der Waals surface area contributed by atoms with Crippen molar-refractivity contribution in [1.82, 2.24) is 0 Å². The quantitative estimate of drug-likeness (QED) is 0.620. The molecule has 0 radical (unpaired) electrons. The van der Waals surface area contributed by atoms with Gasteiger partial charge in [0.15, 0.2) is 0 Å². The van der Waals surface area contributed by atoms with Gasteiger partial charge in [-0.1, -0.05) is 0 Å². The Bertz CT molecular complexity index is 121. The maximum absolute atomic E-state index is 8.95. The molecule has 0 aromatic carbocycles. The average molecular weight is 190 g/mol. The first-order valence-corrected chi connectivity index (χ1v) is 4.79. The summed E-state index contributed by atoms with van der Waals surface area (Å²) in [5.74, 6) is 0. The summed E-state index contributed by atoms with van der Waals surface area (Å²) in [5.41, 5.74) is -0.106. The minimum absolute atomic E-state index is 0.106. The van der Waals surface area contributed by atoms with Crippen molar-refractivity contribution in [2.24, 2.45) is 0 Å². The van der Waals surface area contributed by atoms with Crippen LogP contribution in [0.4, 0.5) is 0 Å². The third-order valence-electron chi connectivity index (χ3n) is 2.08. The number of aliphatic hydroxyl groups excluding tert-OH is 1. The van der Waals surface area contributed by atoms with E-state index in [9.17, 15) is 0 Å². The maximum Gasteiger partial charge on any atom is 0.0644 e. The second-order valence-corrected chi connectivity index (χ2v) is 3.96. The van der Waals surface area contributed by atoms with E-state index >= 15 is 0 Å². The van der Waals surface area contributed by atoms with Crippen LogP contribution in [0.1, 0.15) is 33.6 Å². The Kier molecular flexibility index (Phi) is 6.29. The standard InChI is InChI=1S/C10H22O3/c1-9(11)5-7-13-8-6-10(2,3)12-4/h9,11H,5-8H2,1-4H3. The zero-order valence-electron chi connectivity index (χ0n) is 9.17. The highest BCUT2D eigenvalue weighted by Gasteiger charge is 2.15. The van der Waals surface area contributed by atoms with Gasteiger partial charge in [-0.2, -0.15) is 0 Å². The van der Waals surface area contributed by atoms with E-state index < -0.39 is 0 Å². The first-order valence-electron chi connectivity index (χ1n) is 4.79. The van der Waals surface area contributed by atoms with Crippen LogP contribution in [0.2, 0.25) is 0 Å². The van der Waals surface area contributed by atoms with Gasteiger partial charge in [0.05, 0.1) is 11.7 Å². The molecule has 0 aliphatic rings. The van der Waals surface area contributed by atoms with Crippen molar-refractivity contribution >= 4 is 0 Å². The molecular formula is C10H22O3. The zero-order chi connectivity index (χ0) is 10.3. The molecule has 0 saturated heterocycles. The number of methoxy groups -OCH3 is 1. The fourth-order valence-corrected chi connectivity index (χ4v) is 0.776. The Morgan fingerprint density at radius 3 is 2.38 bits per heavy atom. The lowest BCUT2D eigenvalue weighted by atomic mass is 10.1. The predicted octanol–water partition coefficient (Wildman–Crippen LogP) is 1.59. The third kappa shape index (κ3) is 8.22. The number of ether oxygens (including phenoxy) is 2. The number of hydrogen-bond acceptors (Lipinski definition) is 3. The SMILES string of the molecule is COC(C)(C)CCOCCC(C)O. The van der Waals surface area contributed by atoms with E-state index in [2.05, 4.69) is 0 Å². The lowest BCUT2D eigenvalue weighted by Crippen LogP contribution is -2.24. The van der Waals surface area contributed by atoms with E-state index in [0.29, 0.717) is 19.6 Å². The van der Waals surface area contributed by atoms with Crippen LogP contribution >= 0.6 is 0 Å². The molecule has 0 aliphatic heterocycles. The fourth-order valence-electron chi connectivity index (χ4n) is 0.776. The largest absolute Gasteiger partial charge is 0.393 e. The predicted molar refractivity (Wildman–Crippen MR) is 52.8 cm³/mol. The molecule has 3 heteroatoms. The summed E-state index contributed by atoms with van der Waals surface area (Å²) < 4.78 is 10.6. The molecular weight excluding hydrogens is 168 g/mol. The number of rotatable bonds is 7. The Morgan fingerprint density at radius 1 is 1.31 bits per heavy atom. The summed E-state index contributed by atoms with van der Waals surface area (Å²) in [6.07, 6.45) is 1.31. The minimum atomic E-state index is -0.268. The molecule has 0 fully saturated rings. The summed E-state index contributed by atoms with van der Waals surface area (Å²) in [5, 5.41) is 8.95. The van der Waals surface area contributed by atoms with Crippen LogP contribution in [0.3, 0.4) is 0 Å². The highest BCUT2D eigenvalue weighted by atomic mass is 16.5. The maximum atomic E-state index is 8.95. The molecule has 1 atom stereocenters. The van der Waals surface area contributed by atoms with Gasteiger partial charge in [-0.3, -0.25) is 0 Å². The van der Waals surface area contributed by atoms with Crippen LogP contribution in [0.25, 0.3) is 0 Å². The lowest BCUT2D eigenvalue weighted by Gasteiger charge is -2.22. The molecule has 0 bridgehead atoms. The van der Waals surface area contributed by atoms with Crippen molar-refractivity contribution in [1.29, 1.82) is 0 Å². The topological polar surface area (TPSA) is 38.7 Å². The molecule has 0 aliphatic carbocycles. The first-order chi connectivity index (χ1) is 5.98. The van der Waals surface area contributed by atoms with Gasteiger partial charge in [-0.25, -0.2) is 0 Å². The first kappa shape index (κ1) is 12.9. The Hall–Kier alpha value is -0.120. The van der Waals surface area contributed by atoms with E-state index in [1.807, 2.05) is 13.8 Å². The molecule has 0 aromatic heterocycles. The van der Waals surface area contributed by atoms with Gasteiger partial charge in [0.2, 0.25) is 0 Å². The number of aliphatic hydroxyl groups is 1. The van der Waals surface area contributed by atoms with Crippen molar-refractivity contribution in [2.45, 2.75) is 45.3 Å². The molecule has 3 nitrogen and oxygen atoms in total. The minimum Gasteiger partial charge on any atom is -0.393 e. The van der Waals surface area contributed by atoms with Crippen molar-refractivity contribution in [3.05, 3.63) is 0 Å². The Labute approximate surface area is 81.0 Å². The van der Waals surface area contributed by atoms with Crippen LogP contribution in [-0.2, 0) is 9.47 Å². The summed E-state index contributed by atoms with van der Waals surface area (Å²) >= 11 is 0. The summed E-state index contributed by atoms with van der Waals surface area (Å²) in [7, 11) is 1.70. The zero-order valence-corrected chi connectivity index (χ0v) is 9.17. The summed E-state index contributed by atoms with van der Waals surface area (Å²) in [6, 6.07) is 0. The van der Waals surface area contributed by atoms with Crippen molar-refractivity contribution in [3.63, 3.8) is 0 Å². The van der Waals surface area contributed by atoms with E-state index in [0.717, 1.165) is 6.42 Å². The second-order valence-electron chi connectivity index (χ2n) is 3.96. The molecule has 0 rings (SSSR count). The molecule has 1 unspecified atom stereocenters. The van der Waals surface area contributed by atoms with E-state index in [1.165, 1.54) is 0 Å². The van der Waals surface area contributed by atoms with Gasteiger partial charge in [-0.05, 0) is 33.6 Å². The molecule has 1 N–H and O–H groups in total. The van der Waals surface area contributed by atoms with Gasteiger partial charge in [0.25, 0.3) is 0 Å². The monoisotopic (exact) mass is 190 g/mol. The molecule has 0 spiro atoms. The molecule has 0 aromatic rings. The molecule has 13 heavy (non-hydrogen) atoms. The average Bonchev–Trinajstić information content (AvgIpc) is 2.03. The van der Waals surface area contributed by atoms with Gasteiger partial charge in [-0.15, -0.1) is 0 Å². The van der Waals surface area contributed by atoms with Gasteiger partial charge in [0, 0.05) is 20.3 Å². The lowest BCUT2D eigenvalue weighted by molar-refractivity contribution is -0.0128. The molecule has 0 amide bonds. The van der Waals surface area contributed by atoms with Gasteiger partial charge >= 0.3 is 0 Å². The highest BCUT2D eigenvalue weighted by Crippen LogP contribution is 2.12. The molecule has 0 heterocycles. The van der Waals surface area contributed by atoms with Gasteiger partial charge in [0.1, 0.15) is 0 Å². The van der Waals surface area contributed by atoms with Crippen LogP contribution in [-0.4, -0.2) is 37.1 Å². The van der Waals surface area contributed by atoms with Crippen LogP contribution in [0, 0.1) is 0 Å². The Balaban J connectivity index is 3.26. The Morgan fingerprint density at radius 2 is 1.92 bits per heavy atom. The number of hydrogen-bond donors (Lipinski definition) is 1. The van der Waals surface area contributed by atoms with Crippen LogP contribution < -0.4 is 0 Å². The molecule has 0 saturated carbocycles. The van der Waals surface area contributed by atoms with Gasteiger partial charge < -0.3 is 14.6 Å². The van der Waals surface area contributed by atoms with E-state index in [1.54, 1.807) is 14.0 Å². The normalized spacial score (nSPS) is 14.5. The summed E-state index contributed by atoms with van der Waals surface area (Å²) in [6.45, 7) is 7.14. The van der Waals surface area contributed by atoms with Crippen molar-refractivity contribution < 1.29 is 14.6 Å². The van der Waals surface area contributed by atoms with Crippen LogP contribution in [0.15, 0.2) is 0 Å².